The van der Waals surface area contributed by atoms with Gasteiger partial charge in [-0.3, -0.25) is 9.59 Å². The molecule has 108 valence electrons. The van der Waals surface area contributed by atoms with Gasteiger partial charge in [0.1, 0.15) is 6.04 Å². The summed E-state index contributed by atoms with van der Waals surface area (Å²) in [6.07, 6.45) is 0.364. The molecule has 1 aromatic heterocycles. The van der Waals surface area contributed by atoms with Crippen LogP contribution in [0.5, 0.6) is 0 Å². The van der Waals surface area contributed by atoms with Crippen LogP contribution >= 0.6 is 0 Å². The van der Waals surface area contributed by atoms with Crippen molar-refractivity contribution in [1.82, 2.24) is 15.2 Å². The average Bonchev–Trinajstić information content (AvgIpc) is 2.91. The zero-order valence-electron chi connectivity index (χ0n) is 11.0. The maximum atomic E-state index is 12.5. The minimum atomic E-state index is -0.747. The van der Waals surface area contributed by atoms with Crippen LogP contribution in [0.25, 0.3) is 0 Å². The van der Waals surface area contributed by atoms with E-state index in [2.05, 4.69) is 14.9 Å². The summed E-state index contributed by atoms with van der Waals surface area (Å²) >= 11 is 0. The maximum Gasteiger partial charge on any atom is 0.281 e. The highest BCUT2D eigenvalue weighted by Gasteiger charge is 2.35. The molecule has 0 radical (unpaired) electrons. The monoisotopic (exact) mass is 287 g/mol. The number of primary amides is 1. The van der Waals surface area contributed by atoms with Gasteiger partial charge in [-0.05, 0) is 21.4 Å². The highest BCUT2D eigenvalue weighted by Crippen LogP contribution is 2.25. The second-order valence-electron chi connectivity index (χ2n) is 4.82. The number of carbonyl (C=O) groups is 2. The van der Waals surface area contributed by atoms with E-state index in [1.165, 1.54) is 4.90 Å². The molecule has 1 atom stereocenters. The van der Waals surface area contributed by atoms with Crippen LogP contribution in [0.4, 0.5) is 5.82 Å². The lowest BCUT2D eigenvalue weighted by Gasteiger charge is -2.34. The van der Waals surface area contributed by atoms with Gasteiger partial charge >= 0.3 is 0 Å². The van der Waals surface area contributed by atoms with E-state index in [1.54, 1.807) is 0 Å². The van der Waals surface area contributed by atoms with E-state index in [0.29, 0.717) is 6.42 Å². The summed E-state index contributed by atoms with van der Waals surface area (Å²) in [5, 5.41) is 6.86. The summed E-state index contributed by atoms with van der Waals surface area (Å²) in [5.41, 5.74) is 12.8. The van der Waals surface area contributed by atoms with Gasteiger partial charge in [-0.2, -0.15) is 0 Å². The average molecular weight is 287 g/mol. The van der Waals surface area contributed by atoms with E-state index in [1.807, 2.05) is 24.3 Å². The minimum absolute atomic E-state index is 0.109. The van der Waals surface area contributed by atoms with Gasteiger partial charge in [0.15, 0.2) is 0 Å². The Bertz CT molecular complexity index is 711. The number of carbonyl (C=O) groups excluding carboxylic acids is 2. The van der Waals surface area contributed by atoms with Gasteiger partial charge in [0.2, 0.25) is 17.4 Å². The molecule has 2 aromatic rings. The zero-order chi connectivity index (χ0) is 15.0. The number of benzene rings is 1. The molecule has 8 heteroatoms. The molecule has 0 unspecified atom stereocenters. The molecule has 2 heterocycles. The molecule has 1 aromatic carbocycles. The molecule has 0 saturated carbocycles. The summed E-state index contributed by atoms with van der Waals surface area (Å²) in [5.74, 6) is -1.21. The standard InChI is InChI=1S/C13H13N5O3/c14-11-10(16-21-17-11)13(20)18-6-8-4-2-1-3-7(8)5-9(18)12(15)19/h1-4,9H,5-6H2,(H2,14,17)(H2,15,19)/t9-/m0/s1. The quantitative estimate of drug-likeness (QED) is 0.780. The number of rotatable bonds is 2. The zero-order valence-corrected chi connectivity index (χ0v) is 11.0. The fourth-order valence-electron chi connectivity index (χ4n) is 2.47. The van der Waals surface area contributed by atoms with Crippen LogP contribution in [0.2, 0.25) is 0 Å². The van der Waals surface area contributed by atoms with Crippen molar-refractivity contribution in [3.05, 3.63) is 41.1 Å². The minimum Gasteiger partial charge on any atom is -0.379 e. The highest BCUT2D eigenvalue weighted by atomic mass is 16.6. The lowest BCUT2D eigenvalue weighted by Crippen LogP contribution is -2.51. The molecule has 0 saturated heterocycles. The molecule has 1 aliphatic heterocycles. The van der Waals surface area contributed by atoms with Crippen molar-refractivity contribution >= 4 is 17.6 Å². The first-order valence-electron chi connectivity index (χ1n) is 6.33. The second-order valence-corrected chi connectivity index (χ2v) is 4.82. The van der Waals surface area contributed by atoms with Gasteiger partial charge in [0.05, 0.1) is 0 Å². The SMILES string of the molecule is NC(=O)[C@@H]1Cc2ccccc2CN1C(=O)c1nonc1N. The number of amides is 2. The van der Waals surface area contributed by atoms with Crippen LogP contribution in [0.15, 0.2) is 28.9 Å². The van der Waals surface area contributed by atoms with Gasteiger partial charge in [0.25, 0.3) is 5.91 Å². The van der Waals surface area contributed by atoms with Crippen molar-refractivity contribution in [2.45, 2.75) is 19.0 Å². The van der Waals surface area contributed by atoms with Crippen LogP contribution in [0.1, 0.15) is 21.6 Å². The summed E-state index contributed by atoms with van der Waals surface area (Å²) in [6, 6.07) is 6.83. The van der Waals surface area contributed by atoms with Gasteiger partial charge < -0.3 is 16.4 Å². The topological polar surface area (TPSA) is 128 Å². The lowest BCUT2D eigenvalue weighted by molar-refractivity contribution is -0.122. The van der Waals surface area contributed by atoms with Crippen molar-refractivity contribution in [2.75, 3.05) is 5.73 Å². The Kier molecular flexibility index (Phi) is 3.05. The molecule has 0 spiro atoms. The Morgan fingerprint density at radius 2 is 1.95 bits per heavy atom. The Morgan fingerprint density at radius 1 is 1.24 bits per heavy atom. The van der Waals surface area contributed by atoms with E-state index in [-0.39, 0.29) is 18.1 Å². The Hall–Kier alpha value is -2.90. The highest BCUT2D eigenvalue weighted by molar-refractivity contribution is 5.99. The number of hydrogen-bond acceptors (Lipinski definition) is 6. The van der Waals surface area contributed by atoms with Gasteiger partial charge in [-0.25, -0.2) is 4.63 Å². The number of nitrogens with two attached hydrogens (primary N) is 2. The number of aromatic nitrogens is 2. The summed E-state index contributed by atoms with van der Waals surface area (Å²) < 4.78 is 4.43. The Labute approximate surface area is 119 Å². The molecule has 2 amide bonds. The van der Waals surface area contributed by atoms with Crippen LogP contribution in [0.3, 0.4) is 0 Å². The van der Waals surface area contributed by atoms with Crippen LogP contribution in [0, 0.1) is 0 Å². The smallest absolute Gasteiger partial charge is 0.281 e. The Morgan fingerprint density at radius 3 is 2.57 bits per heavy atom. The van der Waals surface area contributed by atoms with E-state index in [9.17, 15) is 9.59 Å². The third kappa shape index (κ3) is 2.20. The number of fused-ring (bicyclic) bond motifs is 1. The van der Waals surface area contributed by atoms with E-state index in [0.717, 1.165) is 11.1 Å². The Balaban J connectivity index is 1.98. The van der Waals surface area contributed by atoms with E-state index < -0.39 is 17.9 Å². The molecule has 0 bridgehead atoms. The molecular weight excluding hydrogens is 274 g/mol. The van der Waals surface area contributed by atoms with Gasteiger partial charge in [-0.1, -0.05) is 24.3 Å². The summed E-state index contributed by atoms with van der Waals surface area (Å²) in [4.78, 5) is 25.5. The molecule has 0 fully saturated rings. The van der Waals surface area contributed by atoms with Crippen molar-refractivity contribution in [3.8, 4) is 0 Å². The van der Waals surface area contributed by atoms with E-state index >= 15 is 0 Å². The fourth-order valence-corrected chi connectivity index (χ4v) is 2.47. The molecular formula is C13H13N5O3. The molecule has 3 rings (SSSR count). The van der Waals surface area contributed by atoms with Crippen LogP contribution in [-0.2, 0) is 17.8 Å². The fraction of sp³-hybridized carbons (Fsp3) is 0.231. The van der Waals surface area contributed by atoms with Crippen LogP contribution in [-0.4, -0.2) is 33.1 Å². The molecule has 4 N–H and O–H groups in total. The third-order valence-corrected chi connectivity index (χ3v) is 3.55. The first-order valence-corrected chi connectivity index (χ1v) is 6.33. The van der Waals surface area contributed by atoms with Gasteiger partial charge in [-0.15, -0.1) is 0 Å². The number of nitrogens with zero attached hydrogens (tertiary/aromatic N) is 3. The summed E-state index contributed by atoms with van der Waals surface area (Å²) in [6.45, 7) is 0.259. The summed E-state index contributed by atoms with van der Waals surface area (Å²) in [7, 11) is 0. The van der Waals surface area contributed by atoms with Crippen molar-refractivity contribution in [1.29, 1.82) is 0 Å². The number of hydrogen-bond donors (Lipinski definition) is 2. The first kappa shape index (κ1) is 13.1. The maximum absolute atomic E-state index is 12.5. The lowest BCUT2D eigenvalue weighted by atomic mass is 9.93. The molecule has 0 aliphatic carbocycles. The van der Waals surface area contributed by atoms with Crippen molar-refractivity contribution in [3.63, 3.8) is 0 Å². The largest absolute Gasteiger partial charge is 0.379 e. The predicted molar refractivity (Wildman–Crippen MR) is 71.7 cm³/mol. The normalized spacial score (nSPS) is 17.3. The molecule has 21 heavy (non-hydrogen) atoms. The predicted octanol–water partition coefficient (Wildman–Crippen LogP) is -0.296. The third-order valence-electron chi connectivity index (χ3n) is 3.55. The van der Waals surface area contributed by atoms with Crippen LogP contribution < -0.4 is 11.5 Å². The van der Waals surface area contributed by atoms with Crippen molar-refractivity contribution < 1.29 is 14.2 Å². The first-order chi connectivity index (χ1) is 10.1. The number of nitrogen functional groups attached to an aromatic ring is 1. The molecule has 8 nitrogen and oxygen atoms in total. The number of anilines is 1. The molecule has 1 aliphatic rings. The second kappa shape index (κ2) is 4.89. The van der Waals surface area contributed by atoms with Crippen molar-refractivity contribution in [2.24, 2.45) is 5.73 Å². The van der Waals surface area contributed by atoms with E-state index in [4.69, 9.17) is 11.5 Å². The van der Waals surface area contributed by atoms with Gasteiger partial charge in [0, 0.05) is 13.0 Å².